The van der Waals surface area contributed by atoms with E-state index in [2.05, 4.69) is 19.2 Å². The van der Waals surface area contributed by atoms with Crippen LogP contribution in [0, 0.1) is 16.0 Å². The summed E-state index contributed by atoms with van der Waals surface area (Å²) in [5.41, 5.74) is -0.188. The van der Waals surface area contributed by atoms with Gasteiger partial charge < -0.3 is 10.4 Å². The van der Waals surface area contributed by atoms with Gasteiger partial charge in [0.25, 0.3) is 5.69 Å². The maximum Gasteiger partial charge on any atom is 0.338 e. The number of nitro benzene ring substituents is 1. The van der Waals surface area contributed by atoms with Gasteiger partial charge in [-0.15, -0.1) is 0 Å². The highest BCUT2D eigenvalue weighted by atomic mass is 16.6. The van der Waals surface area contributed by atoms with Gasteiger partial charge in [0.15, 0.2) is 0 Å². The Kier molecular flexibility index (Phi) is 5.29. The van der Waals surface area contributed by atoms with Crippen molar-refractivity contribution in [3.05, 3.63) is 33.9 Å². The van der Waals surface area contributed by atoms with Crippen molar-refractivity contribution < 1.29 is 14.8 Å². The third-order valence-corrected chi connectivity index (χ3v) is 2.73. The highest BCUT2D eigenvalue weighted by Gasteiger charge is 2.20. The third kappa shape index (κ3) is 4.24. The fourth-order valence-corrected chi connectivity index (χ4v) is 1.78. The first-order valence-corrected chi connectivity index (χ1v) is 6.18. The van der Waals surface area contributed by atoms with Crippen LogP contribution in [0.4, 0.5) is 11.4 Å². The molecule has 0 aromatic heterocycles. The van der Waals surface area contributed by atoms with Gasteiger partial charge in [0.2, 0.25) is 0 Å². The van der Waals surface area contributed by atoms with E-state index in [0.717, 1.165) is 12.8 Å². The fourth-order valence-electron chi connectivity index (χ4n) is 1.78. The van der Waals surface area contributed by atoms with E-state index in [9.17, 15) is 14.9 Å². The average Bonchev–Trinajstić information content (AvgIpc) is 2.33. The van der Waals surface area contributed by atoms with E-state index in [1.807, 2.05) is 0 Å². The van der Waals surface area contributed by atoms with Crippen LogP contribution in [0.25, 0.3) is 0 Å². The lowest BCUT2D eigenvalue weighted by atomic mass is 10.1. The Labute approximate surface area is 111 Å². The van der Waals surface area contributed by atoms with Gasteiger partial charge >= 0.3 is 5.97 Å². The Balaban J connectivity index is 2.89. The first-order chi connectivity index (χ1) is 8.93. The Bertz CT molecular complexity index is 439. The van der Waals surface area contributed by atoms with Crippen LogP contribution in [0.1, 0.15) is 37.0 Å². The quantitative estimate of drug-likeness (QED) is 0.449. The number of nitrogens with zero attached hydrogens (tertiary/aromatic N) is 1. The number of rotatable bonds is 7. The minimum absolute atomic E-state index is 0.0706. The summed E-state index contributed by atoms with van der Waals surface area (Å²) < 4.78 is 0. The summed E-state index contributed by atoms with van der Waals surface area (Å²) in [6.45, 7) is 4.70. The molecular weight excluding hydrogens is 248 g/mol. The van der Waals surface area contributed by atoms with Crippen molar-refractivity contribution in [3.8, 4) is 0 Å². The van der Waals surface area contributed by atoms with Crippen LogP contribution in [0.5, 0.6) is 0 Å². The van der Waals surface area contributed by atoms with Crippen molar-refractivity contribution in [1.82, 2.24) is 0 Å². The number of carbonyl (C=O) groups is 1. The molecule has 0 bridgehead atoms. The standard InChI is InChI=1S/C13H18N2O4/c1-9(2)5-4-8-14-12-10(13(16)17)6-3-7-11(12)15(18)19/h3,6-7,9,14H,4-5,8H2,1-2H3,(H,16,17). The number of nitrogens with one attached hydrogen (secondary N) is 1. The zero-order chi connectivity index (χ0) is 14.4. The largest absolute Gasteiger partial charge is 0.478 e. The molecule has 19 heavy (non-hydrogen) atoms. The number of benzene rings is 1. The van der Waals surface area contributed by atoms with Crippen LogP contribution in [-0.2, 0) is 0 Å². The molecule has 0 spiro atoms. The second-order valence-electron chi connectivity index (χ2n) is 4.72. The van der Waals surface area contributed by atoms with Crippen molar-refractivity contribution in [3.63, 3.8) is 0 Å². The predicted octanol–water partition coefficient (Wildman–Crippen LogP) is 3.14. The zero-order valence-corrected chi connectivity index (χ0v) is 11.0. The summed E-state index contributed by atoms with van der Waals surface area (Å²) in [4.78, 5) is 21.4. The molecule has 6 nitrogen and oxygen atoms in total. The number of hydrogen-bond acceptors (Lipinski definition) is 4. The van der Waals surface area contributed by atoms with Gasteiger partial charge in [-0.05, 0) is 24.8 Å². The summed E-state index contributed by atoms with van der Waals surface area (Å²) in [5.74, 6) is -0.624. The van der Waals surface area contributed by atoms with Gasteiger partial charge in [-0.25, -0.2) is 4.79 Å². The first-order valence-electron chi connectivity index (χ1n) is 6.18. The van der Waals surface area contributed by atoms with E-state index in [1.165, 1.54) is 18.2 Å². The molecule has 1 rings (SSSR count). The molecule has 6 heteroatoms. The predicted molar refractivity (Wildman–Crippen MR) is 72.6 cm³/mol. The lowest BCUT2D eigenvalue weighted by Crippen LogP contribution is -2.10. The summed E-state index contributed by atoms with van der Waals surface area (Å²) in [5, 5.41) is 22.8. The molecule has 1 aromatic carbocycles. The van der Waals surface area contributed by atoms with Crippen molar-refractivity contribution in [1.29, 1.82) is 0 Å². The van der Waals surface area contributed by atoms with Crippen molar-refractivity contribution in [2.45, 2.75) is 26.7 Å². The third-order valence-electron chi connectivity index (χ3n) is 2.73. The second kappa shape index (κ2) is 6.72. The minimum Gasteiger partial charge on any atom is -0.478 e. The fraction of sp³-hybridized carbons (Fsp3) is 0.462. The molecule has 0 unspecified atom stereocenters. The molecule has 104 valence electrons. The Morgan fingerprint density at radius 2 is 2.16 bits per heavy atom. The Morgan fingerprint density at radius 1 is 1.47 bits per heavy atom. The smallest absolute Gasteiger partial charge is 0.338 e. The molecule has 0 heterocycles. The SMILES string of the molecule is CC(C)CCCNc1c(C(=O)O)cccc1[N+](=O)[O-]. The van der Waals surface area contributed by atoms with E-state index < -0.39 is 10.9 Å². The van der Waals surface area contributed by atoms with Gasteiger partial charge in [0, 0.05) is 12.6 Å². The monoisotopic (exact) mass is 266 g/mol. The lowest BCUT2D eigenvalue weighted by molar-refractivity contribution is -0.384. The van der Waals surface area contributed by atoms with Crippen LogP contribution in [0.2, 0.25) is 0 Å². The van der Waals surface area contributed by atoms with Crippen LogP contribution in [0.15, 0.2) is 18.2 Å². The van der Waals surface area contributed by atoms with Gasteiger partial charge in [0.05, 0.1) is 10.5 Å². The molecule has 0 atom stereocenters. The van der Waals surface area contributed by atoms with Crippen LogP contribution in [-0.4, -0.2) is 22.5 Å². The summed E-state index contributed by atoms with van der Waals surface area (Å²) in [7, 11) is 0. The molecular formula is C13H18N2O4. The van der Waals surface area contributed by atoms with Gasteiger partial charge in [-0.2, -0.15) is 0 Å². The Hall–Kier alpha value is -2.11. The lowest BCUT2D eigenvalue weighted by Gasteiger charge is -2.10. The van der Waals surface area contributed by atoms with E-state index in [4.69, 9.17) is 5.11 Å². The molecule has 0 aliphatic heterocycles. The first kappa shape index (κ1) is 14.9. The minimum atomic E-state index is -1.17. The second-order valence-corrected chi connectivity index (χ2v) is 4.72. The van der Waals surface area contributed by atoms with Crippen LogP contribution >= 0.6 is 0 Å². The molecule has 0 saturated heterocycles. The molecule has 2 N–H and O–H groups in total. The number of aromatic carboxylic acids is 1. The maximum atomic E-state index is 11.1. The molecule has 0 aliphatic carbocycles. The van der Waals surface area contributed by atoms with Gasteiger partial charge in [0.1, 0.15) is 5.69 Å². The molecule has 0 fully saturated rings. The van der Waals surface area contributed by atoms with Crippen molar-refractivity contribution in [2.75, 3.05) is 11.9 Å². The highest BCUT2D eigenvalue weighted by Crippen LogP contribution is 2.28. The molecule has 0 saturated carbocycles. The number of para-hydroxylation sites is 1. The maximum absolute atomic E-state index is 11.1. The van der Waals surface area contributed by atoms with E-state index in [-0.39, 0.29) is 16.9 Å². The number of nitro groups is 1. The van der Waals surface area contributed by atoms with E-state index >= 15 is 0 Å². The van der Waals surface area contributed by atoms with Gasteiger partial charge in [-0.3, -0.25) is 10.1 Å². The molecule has 0 radical (unpaired) electrons. The summed E-state index contributed by atoms with van der Waals surface area (Å²) in [6.07, 6.45) is 1.82. The van der Waals surface area contributed by atoms with Crippen LogP contribution < -0.4 is 5.32 Å². The summed E-state index contributed by atoms with van der Waals surface area (Å²) in [6, 6.07) is 4.04. The number of anilines is 1. The van der Waals surface area contributed by atoms with E-state index in [0.29, 0.717) is 12.5 Å². The average molecular weight is 266 g/mol. The van der Waals surface area contributed by atoms with Gasteiger partial charge in [-0.1, -0.05) is 19.9 Å². The molecule has 0 amide bonds. The number of hydrogen-bond donors (Lipinski definition) is 2. The summed E-state index contributed by atoms with van der Waals surface area (Å²) >= 11 is 0. The normalized spacial score (nSPS) is 10.5. The van der Waals surface area contributed by atoms with Crippen molar-refractivity contribution >= 4 is 17.3 Å². The number of carboxylic acid groups (broad SMARTS) is 1. The molecule has 0 aliphatic rings. The molecule has 1 aromatic rings. The van der Waals surface area contributed by atoms with Crippen molar-refractivity contribution in [2.24, 2.45) is 5.92 Å². The topological polar surface area (TPSA) is 92.5 Å². The highest BCUT2D eigenvalue weighted by molar-refractivity contribution is 5.96. The zero-order valence-electron chi connectivity index (χ0n) is 11.0. The Morgan fingerprint density at radius 3 is 2.68 bits per heavy atom. The van der Waals surface area contributed by atoms with Crippen LogP contribution in [0.3, 0.4) is 0 Å². The van der Waals surface area contributed by atoms with E-state index in [1.54, 1.807) is 0 Å². The number of carboxylic acids is 1.